The third-order valence-corrected chi connectivity index (χ3v) is 5.63. The molecule has 9 heteroatoms. The Balaban J connectivity index is 1.81. The van der Waals surface area contributed by atoms with E-state index in [2.05, 4.69) is 10.3 Å². The lowest BCUT2D eigenvalue weighted by atomic mass is 9.93. The van der Waals surface area contributed by atoms with E-state index in [-0.39, 0.29) is 12.6 Å². The number of halogens is 1. The van der Waals surface area contributed by atoms with Gasteiger partial charge < -0.3 is 25.5 Å². The van der Waals surface area contributed by atoms with Crippen LogP contribution in [-0.2, 0) is 4.74 Å². The fourth-order valence-corrected chi connectivity index (χ4v) is 4.04. The van der Waals surface area contributed by atoms with Crippen LogP contribution in [0.2, 0.25) is 5.02 Å². The number of aliphatic hydroxyl groups is 1. The molecule has 2 aromatic heterocycles. The number of amides is 1. The number of carbonyl (C=O) groups is 1. The van der Waals surface area contributed by atoms with E-state index >= 15 is 0 Å². The van der Waals surface area contributed by atoms with Gasteiger partial charge in [0.2, 0.25) is 5.95 Å². The lowest BCUT2D eigenvalue weighted by Gasteiger charge is -2.21. The van der Waals surface area contributed by atoms with Crippen molar-refractivity contribution in [3.05, 3.63) is 70.1 Å². The molecular weight excluding hydrogens is 418 g/mol. The first-order chi connectivity index (χ1) is 15.0. The van der Waals surface area contributed by atoms with Crippen LogP contribution in [0.5, 0.6) is 0 Å². The molecule has 0 bridgehead atoms. The highest BCUT2D eigenvalue weighted by Gasteiger charge is 2.26. The van der Waals surface area contributed by atoms with Crippen LogP contribution in [0.1, 0.15) is 39.5 Å². The van der Waals surface area contributed by atoms with Crippen molar-refractivity contribution in [1.29, 1.82) is 0 Å². The summed E-state index contributed by atoms with van der Waals surface area (Å²) < 4.78 is 7.20. The fourth-order valence-electron chi connectivity index (χ4n) is 3.84. The number of nitrogens with zero attached hydrogens (tertiary/aromatic N) is 3. The van der Waals surface area contributed by atoms with E-state index in [9.17, 15) is 9.90 Å². The number of benzene rings is 1. The third-order valence-electron chi connectivity index (χ3n) is 5.39. The molecule has 8 nitrogen and oxygen atoms in total. The van der Waals surface area contributed by atoms with Crippen molar-refractivity contribution in [2.75, 3.05) is 25.1 Å². The average Bonchev–Trinajstić information content (AvgIpc) is 3.40. The van der Waals surface area contributed by atoms with Crippen molar-refractivity contribution in [3.8, 4) is 5.82 Å². The molecule has 1 aliphatic rings. The SMILES string of the molecule is Cc1cnc(N[C@@H]2CCOC2)nc1-n1ccc(C(N)=O)c1[C@@H](CO)c1cccc(Cl)c1. The molecule has 4 rings (SSSR count). The Bertz CT molecular complexity index is 1090. The number of aryl methyl sites for hydroxylation is 1. The largest absolute Gasteiger partial charge is 0.395 e. The van der Waals surface area contributed by atoms with Gasteiger partial charge in [-0.05, 0) is 37.1 Å². The monoisotopic (exact) mass is 441 g/mol. The van der Waals surface area contributed by atoms with Gasteiger partial charge in [-0.15, -0.1) is 0 Å². The number of aliphatic hydroxyl groups excluding tert-OH is 1. The standard InChI is InChI=1S/C22H24ClN5O3/c1-13-10-25-22(26-16-6-8-31-12-16)27-21(13)28-7-5-17(20(24)30)19(28)18(11-29)14-3-2-4-15(23)9-14/h2-5,7,9-10,16,18,29H,6,8,11-12H2,1H3,(H2,24,30)(H,25,26,27)/t16-,18+/m1/s1. The maximum Gasteiger partial charge on any atom is 0.250 e. The summed E-state index contributed by atoms with van der Waals surface area (Å²) in [4.78, 5) is 21.3. The Morgan fingerprint density at radius 2 is 2.29 bits per heavy atom. The number of hydrogen-bond donors (Lipinski definition) is 3. The number of carbonyl (C=O) groups excluding carboxylic acids is 1. The van der Waals surface area contributed by atoms with Gasteiger partial charge in [-0.3, -0.25) is 4.79 Å². The number of primary amides is 1. The topological polar surface area (TPSA) is 115 Å². The summed E-state index contributed by atoms with van der Waals surface area (Å²) in [5.41, 5.74) is 8.11. The number of nitrogens with one attached hydrogen (secondary N) is 1. The summed E-state index contributed by atoms with van der Waals surface area (Å²) in [5, 5.41) is 14.1. The minimum Gasteiger partial charge on any atom is -0.395 e. The Hall–Kier alpha value is -2.94. The highest BCUT2D eigenvalue weighted by molar-refractivity contribution is 6.30. The van der Waals surface area contributed by atoms with Crippen LogP contribution in [0, 0.1) is 6.92 Å². The van der Waals surface area contributed by atoms with E-state index < -0.39 is 11.8 Å². The van der Waals surface area contributed by atoms with E-state index in [4.69, 9.17) is 27.1 Å². The molecule has 0 radical (unpaired) electrons. The molecule has 1 fully saturated rings. The second-order valence-corrected chi connectivity index (χ2v) is 7.98. The second-order valence-electron chi connectivity index (χ2n) is 7.54. The van der Waals surface area contributed by atoms with Crippen molar-refractivity contribution in [3.63, 3.8) is 0 Å². The molecule has 0 saturated carbocycles. The minimum atomic E-state index is -0.581. The molecule has 1 aliphatic heterocycles. The maximum atomic E-state index is 12.2. The minimum absolute atomic E-state index is 0.150. The van der Waals surface area contributed by atoms with Gasteiger partial charge in [-0.2, -0.15) is 4.98 Å². The Kier molecular flexibility index (Phi) is 6.22. The number of aromatic nitrogens is 3. The van der Waals surface area contributed by atoms with Crippen molar-refractivity contribution in [2.24, 2.45) is 5.73 Å². The molecule has 0 spiro atoms. The van der Waals surface area contributed by atoms with E-state index in [1.807, 2.05) is 13.0 Å². The molecule has 3 aromatic rings. The van der Waals surface area contributed by atoms with Crippen molar-refractivity contribution in [1.82, 2.24) is 14.5 Å². The number of anilines is 1. The summed E-state index contributed by atoms with van der Waals surface area (Å²) in [7, 11) is 0. The van der Waals surface area contributed by atoms with Crippen LogP contribution in [0.15, 0.2) is 42.7 Å². The Morgan fingerprint density at radius 3 is 2.97 bits per heavy atom. The van der Waals surface area contributed by atoms with Crippen LogP contribution >= 0.6 is 11.6 Å². The smallest absolute Gasteiger partial charge is 0.250 e. The predicted octanol–water partition coefficient (Wildman–Crippen LogP) is 2.65. The third kappa shape index (κ3) is 4.41. The van der Waals surface area contributed by atoms with Gasteiger partial charge in [0.05, 0.1) is 24.8 Å². The number of ether oxygens (including phenoxy) is 1. The van der Waals surface area contributed by atoms with E-state index in [1.165, 1.54) is 0 Å². The second kappa shape index (κ2) is 9.05. The Morgan fingerprint density at radius 1 is 1.45 bits per heavy atom. The number of rotatable bonds is 7. The Labute approximate surface area is 185 Å². The van der Waals surface area contributed by atoms with Gasteiger partial charge in [0, 0.05) is 41.2 Å². The highest BCUT2D eigenvalue weighted by Crippen LogP contribution is 2.32. The van der Waals surface area contributed by atoms with E-state index in [0.717, 1.165) is 17.5 Å². The number of nitrogens with two attached hydrogens (primary N) is 1. The van der Waals surface area contributed by atoms with Gasteiger partial charge >= 0.3 is 0 Å². The zero-order valence-corrected chi connectivity index (χ0v) is 17.8. The maximum absolute atomic E-state index is 12.2. The van der Waals surface area contributed by atoms with Gasteiger partial charge in [0.15, 0.2) is 0 Å². The first-order valence-electron chi connectivity index (χ1n) is 10.0. The molecule has 31 heavy (non-hydrogen) atoms. The van der Waals surface area contributed by atoms with Crippen LogP contribution in [0.3, 0.4) is 0 Å². The summed E-state index contributed by atoms with van der Waals surface area (Å²) in [6, 6.07) is 8.98. The van der Waals surface area contributed by atoms with Crippen LogP contribution in [0.4, 0.5) is 5.95 Å². The normalized spacial score (nSPS) is 16.9. The zero-order valence-electron chi connectivity index (χ0n) is 17.1. The molecule has 1 amide bonds. The van der Waals surface area contributed by atoms with Crippen molar-refractivity contribution < 1.29 is 14.6 Å². The summed E-state index contributed by atoms with van der Waals surface area (Å²) >= 11 is 6.17. The van der Waals surface area contributed by atoms with Gasteiger partial charge in [-0.1, -0.05) is 23.7 Å². The van der Waals surface area contributed by atoms with Gasteiger partial charge in [0.1, 0.15) is 5.82 Å². The quantitative estimate of drug-likeness (QED) is 0.519. The first kappa shape index (κ1) is 21.3. The molecule has 1 saturated heterocycles. The zero-order chi connectivity index (χ0) is 22.0. The van der Waals surface area contributed by atoms with Crippen molar-refractivity contribution in [2.45, 2.75) is 25.3 Å². The van der Waals surface area contributed by atoms with Crippen LogP contribution in [0.25, 0.3) is 5.82 Å². The molecule has 0 aliphatic carbocycles. The molecule has 1 aromatic carbocycles. The summed E-state index contributed by atoms with van der Waals surface area (Å²) in [5.74, 6) is -0.0355. The molecule has 0 unspecified atom stereocenters. The van der Waals surface area contributed by atoms with Crippen LogP contribution in [-0.4, -0.2) is 51.4 Å². The van der Waals surface area contributed by atoms with E-state index in [0.29, 0.717) is 41.3 Å². The fraction of sp³-hybridized carbons (Fsp3) is 0.318. The molecule has 3 heterocycles. The summed E-state index contributed by atoms with van der Waals surface area (Å²) in [6.45, 7) is 2.96. The first-order valence-corrected chi connectivity index (χ1v) is 10.4. The van der Waals surface area contributed by atoms with Gasteiger partial charge in [-0.25, -0.2) is 4.98 Å². The van der Waals surface area contributed by atoms with Crippen molar-refractivity contribution >= 4 is 23.5 Å². The summed E-state index contributed by atoms with van der Waals surface area (Å²) in [6.07, 6.45) is 4.34. The molecule has 2 atom stereocenters. The van der Waals surface area contributed by atoms with Crippen LogP contribution < -0.4 is 11.1 Å². The van der Waals surface area contributed by atoms with E-state index in [1.54, 1.807) is 41.2 Å². The lowest BCUT2D eigenvalue weighted by molar-refractivity contribution is 0.0999. The lowest BCUT2D eigenvalue weighted by Crippen LogP contribution is -2.22. The predicted molar refractivity (Wildman–Crippen MR) is 118 cm³/mol. The number of hydrogen-bond acceptors (Lipinski definition) is 6. The molecule has 4 N–H and O–H groups in total. The average molecular weight is 442 g/mol. The van der Waals surface area contributed by atoms with Gasteiger partial charge in [0.25, 0.3) is 5.91 Å². The molecule has 162 valence electrons. The highest BCUT2D eigenvalue weighted by atomic mass is 35.5. The molecular formula is C22H24ClN5O3.